The summed E-state index contributed by atoms with van der Waals surface area (Å²) < 4.78 is 30.2. The van der Waals surface area contributed by atoms with Gasteiger partial charge in [-0.1, -0.05) is 25.2 Å². The number of methoxy groups -OCH3 is 1. The molecule has 0 bridgehead atoms. The number of aliphatic hydroxyl groups is 1. The van der Waals surface area contributed by atoms with Crippen molar-refractivity contribution in [3.05, 3.63) is 74.4 Å². The van der Waals surface area contributed by atoms with Crippen molar-refractivity contribution in [1.29, 1.82) is 0 Å². The molecule has 0 fully saturated rings. The van der Waals surface area contributed by atoms with Gasteiger partial charge in [-0.15, -0.1) is 0 Å². The molecule has 0 amide bonds. The molecule has 0 radical (unpaired) electrons. The van der Waals surface area contributed by atoms with Gasteiger partial charge in [0.1, 0.15) is 33.0 Å². The van der Waals surface area contributed by atoms with Crippen LogP contribution in [0, 0.1) is 18.7 Å². The summed E-state index contributed by atoms with van der Waals surface area (Å²) in [4.78, 5) is 42.3. The lowest BCUT2D eigenvalue weighted by Gasteiger charge is -2.29. The summed E-state index contributed by atoms with van der Waals surface area (Å²) in [5.74, 6) is -0.451. The number of thiophene rings is 1. The summed E-state index contributed by atoms with van der Waals surface area (Å²) in [6.07, 6.45) is 2.55. The molecule has 0 aliphatic carbocycles. The number of ketones is 1. The van der Waals surface area contributed by atoms with E-state index in [4.69, 9.17) is 9.47 Å². The van der Waals surface area contributed by atoms with Crippen LogP contribution in [0.5, 0.6) is 5.75 Å². The van der Waals surface area contributed by atoms with E-state index in [1.807, 2.05) is 13.8 Å². The Kier molecular flexibility index (Phi) is 9.15. The Hall–Kier alpha value is -3.61. The van der Waals surface area contributed by atoms with Crippen molar-refractivity contribution < 1.29 is 23.8 Å². The number of hydrogen-bond acceptors (Lipinski definition) is 8. The summed E-state index contributed by atoms with van der Waals surface area (Å²) in [6, 6.07) is 5.72. The van der Waals surface area contributed by atoms with Crippen LogP contribution in [-0.2, 0) is 21.6 Å². The lowest BCUT2D eigenvalue weighted by atomic mass is 9.91. The van der Waals surface area contributed by atoms with Crippen LogP contribution in [0.4, 0.5) is 4.39 Å². The summed E-state index contributed by atoms with van der Waals surface area (Å²) in [7, 11) is 1.44. The quantitative estimate of drug-likeness (QED) is 0.245. The van der Waals surface area contributed by atoms with Gasteiger partial charge in [0, 0.05) is 29.9 Å². The molecule has 1 N–H and O–H groups in total. The molecule has 0 saturated carbocycles. The third kappa shape index (κ3) is 6.51. The van der Waals surface area contributed by atoms with E-state index in [0.717, 1.165) is 4.57 Å². The Bertz CT molecular complexity index is 1740. The van der Waals surface area contributed by atoms with Gasteiger partial charge < -0.3 is 14.6 Å². The van der Waals surface area contributed by atoms with Crippen molar-refractivity contribution in [2.24, 2.45) is 5.92 Å². The summed E-state index contributed by atoms with van der Waals surface area (Å²) in [6.45, 7) is 11.5. The molecule has 0 aliphatic heterocycles. The van der Waals surface area contributed by atoms with Crippen LogP contribution in [-0.4, -0.2) is 49.1 Å². The van der Waals surface area contributed by atoms with Gasteiger partial charge in [0.25, 0.3) is 5.56 Å². The van der Waals surface area contributed by atoms with Crippen molar-refractivity contribution in [2.45, 2.75) is 78.7 Å². The number of halogens is 1. The van der Waals surface area contributed by atoms with Crippen LogP contribution < -0.4 is 16.0 Å². The van der Waals surface area contributed by atoms with Gasteiger partial charge in [0.15, 0.2) is 5.78 Å². The number of fused-ring (bicyclic) bond motifs is 1. The third-order valence-electron chi connectivity index (χ3n) is 7.26. The first kappa shape index (κ1) is 32.3. The van der Waals surface area contributed by atoms with Gasteiger partial charge in [0.2, 0.25) is 0 Å². The molecule has 1 aromatic carbocycles. The summed E-state index contributed by atoms with van der Waals surface area (Å²) >= 11 is 1.20. The fourth-order valence-electron chi connectivity index (χ4n) is 5.01. The minimum atomic E-state index is -1.46. The number of carbonyl (C=O) groups is 1. The molecule has 0 unspecified atom stereocenters. The van der Waals surface area contributed by atoms with Crippen LogP contribution in [0.25, 0.3) is 15.2 Å². The lowest BCUT2D eigenvalue weighted by molar-refractivity contribution is -0.127. The minimum Gasteiger partial charge on any atom is -0.496 e. The van der Waals surface area contributed by atoms with Crippen LogP contribution in [0.3, 0.4) is 0 Å². The fraction of sp³-hybridized carbons (Fsp3) is 0.484. The zero-order valence-corrected chi connectivity index (χ0v) is 26.6. The van der Waals surface area contributed by atoms with Crippen molar-refractivity contribution in [3.8, 4) is 10.8 Å². The Morgan fingerprint density at radius 1 is 1.19 bits per heavy atom. The molecular weight excluding hydrogens is 575 g/mol. The highest BCUT2D eigenvalue weighted by Crippen LogP contribution is 2.35. The molecule has 3 aromatic heterocycles. The van der Waals surface area contributed by atoms with E-state index in [-0.39, 0.29) is 36.7 Å². The van der Waals surface area contributed by atoms with Crippen molar-refractivity contribution in [2.75, 3.05) is 13.7 Å². The van der Waals surface area contributed by atoms with E-state index in [2.05, 4.69) is 5.10 Å². The van der Waals surface area contributed by atoms with E-state index in [9.17, 15) is 23.9 Å². The Morgan fingerprint density at radius 2 is 1.88 bits per heavy atom. The number of hydrogen-bond donors (Lipinski definition) is 1. The maximum absolute atomic E-state index is 14.5. The van der Waals surface area contributed by atoms with Gasteiger partial charge in [-0.05, 0) is 64.8 Å². The van der Waals surface area contributed by atoms with E-state index >= 15 is 0 Å². The third-order valence-corrected chi connectivity index (χ3v) is 8.56. The van der Waals surface area contributed by atoms with Crippen molar-refractivity contribution in [1.82, 2.24) is 18.9 Å². The molecule has 0 saturated heterocycles. The van der Waals surface area contributed by atoms with Crippen LogP contribution in [0.1, 0.15) is 65.2 Å². The molecular formula is C31H39FN4O6S. The number of carbonyl (C=O) groups excluding carboxylic acids is 1. The first-order chi connectivity index (χ1) is 20.1. The molecule has 4 aromatic rings. The maximum Gasteiger partial charge on any atom is 0.333 e. The molecule has 10 nitrogen and oxygen atoms in total. The summed E-state index contributed by atoms with van der Waals surface area (Å²) in [5.41, 5.74) is -3.08. The first-order valence-corrected chi connectivity index (χ1v) is 14.9. The average Bonchev–Trinajstić information content (AvgIpc) is 3.55. The van der Waals surface area contributed by atoms with Crippen molar-refractivity contribution >= 4 is 27.3 Å². The maximum atomic E-state index is 14.5. The Balaban J connectivity index is 2.04. The Labute approximate surface area is 253 Å². The van der Waals surface area contributed by atoms with Gasteiger partial charge in [0.05, 0.1) is 31.2 Å². The second-order valence-corrected chi connectivity index (χ2v) is 13.3. The van der Waals surface area contributed by atoms with E-state index in [1.165, 1.54) is 41.2 Å². The van der Waals surface area contributed by atoms with Crippen LogP contribution >= 0.6 is 11.3 Å². The number of benzene rings is 1. The molecule has 232 valence electrons. The van der Waals surface area contributed by atoms with Gasteiger partial charge in [-0.25, -0.2) is 18.4 Å². The highest BCUT2D eigenvalue weighted by molar-refractivity contribution is 7.21. The summed E-state index contributed by atoms with van der Waals surface area (Å²) in [5, 5.41) is 15.7. The lowest BCUT2D eigenvalue weighted by Crippen LogP contribution is -2.53. The number of aromatic nitrogens is 4. The zero-order valence-electron chi connectivity index (χ0n) is 25.8. The van der Waals surface area contributed by atoms with E-state index in [0.29, 0.717) is 26.7 Å². The van der Waals surface area contributed by atoms with Gasteiger partial charge >= 0.3 is 5.69 Å². The second kappa shape index (κ2) is 12.2. The molecule has 0 spiro atoms. The predicted octanol–water partition coefficient (Wildman–Crippen LogP) is 4.75. The Morgan fingerprint density at radius 3 is 2.47 bits per heavy atom. The van der Waals surface area contributed by atoms with Crippen LogP contribution in [0.15, 0.2) is 46.2 Å². The van der Waals surface area contributed by atoms with E-state index < -0.39 is 34.3 Å². The molecule has 12 heteroatoms. The number of rotatable bonds is 12. The van der Waals surface area contributed by atoms with Gasteiger partial charge in [-0.3, -0.25) is 14.2 Å². The monoisotopic (exact) mass is 614 g/mol. The molecule has 1 atom stereocenters. The zero-order chi connectivity index (χ0) is 31.9. The highest BCUT2D eigenvalue weighted by Gasteiger charge is 2.36. The average molecular weight is 615 g/mol. The normalized spacial score (nSPS) is 13.2. The van der Waals surface area contributed by atoms with Crippen molar-refractivity contribution in [3.63, 3.8) is 0 Å². The fourth-order valence-corrected chi connectivity index (χ4v) is 6.25. The number of aryl methyl sites for hydroxylation is 1. The topological polar surface area (TPSA) is 118 Å². The van der Waals surface area contributed by atoms with Gasteiger partial charge in [-0.2, -0.15) is 5.10 Å². The standard InChI is InChI=1S/C31H39FN4O6S/c1-18(2)14-24(37)31(6,7)36-26(38)25-19(3)27(35-13-9-12-33-35)43-28(25)34(29(36)39)16-23(42-17-30(4,5)40)21-15-20(32)10-11-22(21)41-8/h9-13,15,18,23,40H,14,16-17H2,1-8H3/t23-/m0/s1. The number of Topliss-reactive ketones (excluding diaryl/α,β-unsaturated/α-hetero) is 1. The smallest absolute Gasteiger partial charge is 0.333 e. The minimum absolute atomic E-state index is 0.0165. The predicted molar refractivity (Wildman–Crippen MR) is 164 cm³/mol. The number of ether oxygens (including phenoxy) is 2. The molecule has 3 heterocycles. The van der Waals surface area contributed by atoms with E-state index in [1.54, 1.807) is 57.8 Å². The largest absolute Gasteiger partial charge is 0.496 e. The SMILES string of the molecule is COc1ccc(F)cc1[C@H](Cn1c(=O)n(C(C)(C)C(=O)CC(C)C)c(=O)c2c(C)c(-n3cccn3)sc21)OCC(C)(C)O. The molecule has 43 heavy (non-hydrogen) atoms. The second-order valence-electron chi connectivity index (χ2n) is 12.3. The first-order valence-electron chi connectivity index (χ1n) is 14.1. The highest BCUT2D eigenvalue weighted by atomic mass is 32.1. The molecule has 4 rings (SSSR count). The molecule has 0 aliphatic rings. The number of nitrogens with zero attached hydrogens (tertiary/aromatic N) is 4. The van der Waals surface area contributed by atoms with Crippen LogP contribution in [0.2, 0.25) is 0 Å².